The summed E-state index contributed by atoms with van der Waals surface area (Å²) in [6.07, 6.45) is 2.33. The molecule has 0 bridgehead atoms. The summed E-state index contributed by atoms with van der Waals surface area (Å²) in [5.74, 6) is 2.38. The predicted octanol–water partition coefficient (Wildman–Crippen LogP) is 4.86. The molecule has 0 aromatic heterocycles. The first-order valence-corrected chi connectivity index (χ1v) is 7.66. The average molecular weight is 281 g/mol. The SMILES string of the molecule is CCCCSc1cc(OCC)c([N+]#N)cc1OCC. The molecule has 0 aliphatic heterocycles. The number of hydrogen-bond donors (Lipinski definition) is 0. The molecule has 0 aliphatic carbocycles. The molecule has 0 atom stereocenters. The fraction of sp³-hybridized carbons (Fsp3) is 0.571. The van der Waals surface area contributed by atoms with Gasteiger partial charge in [-0.2, -0.15) is 0 Å². The molecule has 0 saturated heterocycles. The standard InChI is InChI=1S/C14H21N2O2S/c1-4-7-8-19-14-10-12(17-5-2)11(16-15)9-13(14)18-6-3/h9-10H,4-8H2,1-3H3/q+1. The highest BCUT2D eigenvalue weighted by atomic mass is 32.2. The van der Waals surface area contributed by atoms with Gasteiger partial charge in [-0.1, -0.05) is 13.3 Å². The molecular formula is C14H21N2O2S+. The van der Waals surface area contributed by atoms with Crippen LogP contribution in [-0.2, 0) is 0 Å². The van der Waals surface area contributed by atoms with Gasteiger partial charge in [0.15, 0.2) is 4.98 Å². The van der Waals surface area contributed by atoms with Crippen molar-refractivity contribution in [1.82, 2.24) is 0 Å². The Morgan fingerprint density at radius 3 is 2.37 bits per heavy atom. The molecule has 104 valence electrons. The lowest BCUT2D eigenvalue weighted by Crippen LogP contribution is -1.97. The van der Waals surface area contributed by atoms with Crippen molar-refractivity contribution in [1.29, 1.82) is 5.39 Å². The summed E-state index contributed by atoms with van der Waals surface area (Å²) in [4.78, 5) is 4.29. The number of nitrogens with zero attached hydrogens (tertiary/aromatic N) is 2. The molecule has 1 aromatic carbocycles. The number of ether oxygens (including phenoxy) is 2. The first-order chi connectivity index (χ1) is 9.26. The first-order valence-electron chi connectivity index (χ1n) is 6.68. The van der Waals surface area contributed by atoms with Crippen LogP contribution in [0.5, 0.6) is 11.5 Å². The molecule has 0 radical (unpaired) electrons. The summed E-state index contributed by atoms with van der Waals surface area (Å²) in [5, 5.41) is 9.03. The van der Waals surface area contributed by atoms with E-state index in [1.807, 2.05) is 19.9 Å². The molecule has 1 aromatic rings. The lowest BCUT2D eigenvalue weighted by molar-refractivity contribution is 0.325. The third-order valence-electron chi connectivity index (χ3n) is 2.49. The number of benzene rings is 1. The molecule has 0 fully saturated rings. The summed E-state index contributed by atoms with van der Waals surface area (Å²) in [5.41, 5.74) is 0.408. The van der Waals surface area contributed by atoms with Crippen molar-refractivity contribution in [3.05, 3.63) is 17.1 Å². The molecule has 0 aliphatic rings. The fourth-order valence-electron chi connectivity index (χ4n) is 1.59. The highest BCUT2D eigenvalue weighted by Crippen LogP contribution is 2.40. The van der Waals surface area contributed by atoms with Gasteiger partial charge in [-0.3, -0.25) is 0 Å². The van der Waals surface area contributed by atoms with Crippen molar-refractivity contribution in [2.24, 2.45) is 0 Å². The van der Waals surface area contributed by atoms with E-state index in [9.17, 15) is 0 Å². The van der Waals surface area contributed by atoms with Gasteiger partial charge >= 0.3 is 5.69 Å². The smallest absolute Gasteiger partial charge is 0.430 e. The van der Waals surface area contributed by atoms with Crippen molar-refractivity contribution in [2.75, 3.05) is 19.0 Å². The first kappa shape index (κ1) is 15.6. The van der Waals surface area contributed by atoms with E-state index in [2.05, 4.69) is 11.9 Å². The van der Waals surface area contributed by atoms with Gasteiger partial charge in [0.1, 0.15) is 5.75 Å². The van der Waals surface area contributed by atoms with Crippen molar-refractivity contribution < 1.29 is 9.47 Å². The second kappa shape index (κ2) is 8.65. The third kappa shape index (κ3) is 4.64. The van der Waals surface area contributed by atoms with Gasteiger partial charge in [-0.05, 0) is 26.0 Å². The summed E-state index contributed by atoms with van der Waals surface area (Å²) < 4.78 is 11.1. The van der Waals surface area contributed by atoms with Crippen LogP contribution in [0.1, 0.15) is 33.6 Å². The zero-order chi connectivity index (χ0) is 14.1. The molecule has 0 heterocycles. The quantitative estimate of drug-likeness (QED) is 0.388. The van der Waals surface area contributed by atoms with Crippen molar-refractivity contribution in [3.8, 4) is 11.5 Å². The topological polar surface area (TPSA) is 46.6 Å². The van der Waals surface area contributed by atoms with E-state index in [1.54, 1.807) is 17.8 Å². The van der Waals surface area contributed by atoms with Gasteiger partial charge in [0.25, 0.3) is 0 Å². The number of diazo groups is 1. The maximum Gasteiger partial charge on any atom is 0.430 e. The maximum absolute atomic E-state index is 9.03. The molecule has 4 nitrogen and oxygen atoms in total. The summed E-state index contributed by atoms with van der Waals surface area (Å²) in [7, 11) is 0. The van der Waals surface area contributed by atoms with Crippen LogP contribution >= 0.6 is 11.8 Å². The lowest BCUT2D eigenvalue weighted by atomic mass is 10.3. The zero-order valence-electron chi connectivity index (χ0n) is 11.8. The molecule has 0 saturated carbocycles. The monoisotopic (exact) mass is 281 g/mol. The van der Waals surface area contributed by atoms with Crippen molar-refractivity contribution in [3.63, 3.8) is 0 Å². The van der Waals surface area contributed by atoms with Gasteiger partial charge in [-0.25, -0.2) is 0 Å². The Morgan fingerprint density at radius 1 is 1.11 bits per heavy atom. The number of thioether (sulfide) groups is 1. The van der Waals surface area contributed by atoms with E-state index in [0.29, 0.717) is 24.7 Å². The van der Waals surface area contributed by atoms with Crippen LogP contribution in [0.15, 0.2) is 17.0 Å². The van der Waals surface area contributed by atoms with Gasteiger partial charge in [0.05, 0.1) is 24.2 Å². The Morgan fingerprint density at radius 2 is 1.79 bits per heavy atom. The van der Waals surface area contributed by atoms with E-state index in [1.165, 1.54) is 6.42 Å². The summed E-state index contributed by atoms with van der Waals surface area (Å²) in [6, 6.07) is 3.62. The molecule has 5 heteroatoms. The summed E-state index contributed by atoms with van der Waals surface area (Å²) >= 11 is 1.74. The second-order valence-electron chi connectivity index (χ2n) is 3.93. The van der Waals surface area contributed by atoms with Gasteiger partial charge in [0, 0.05) is 6.07 Å². The third-order valence-corrected chi connectivity index (χ3v) is 3.61. The van der Waals surface area contributed by atoms with Crippen molar-refractivity contribution in [2.45, 2.75) is 38.5 Å². The van der Waals surface area contributed by atoms with Crippen LogP contribution in [0.3, 0.4) is 0 Å². The molecule has 19 heavy (non-hydrogen) atoms. The molecular weight excluding hydrogens is 260 g/mol. The maximum atomic E-state index is 9.03. The number of unbranched alkanes of at least 4 members (excludes halogenated alkanes) is 1. The predicted molar refractivity (Wildman–Crippen MR) is 79.2 cm³/mol. The van der Waals surface area contributed by atoms with Gasteiger partial charge < -0.3 is 9.47 Å². The molecule has 1 rings (SSSR count). The zero-order valence-corrected chi connectivity index (χ0v) is 12.6. The van der Waals surface area contributed by atoms with Gasteiger partial charge in [0.2, 0.25) is 11.1 Å². The molecule has 0 amide bonds. The van der Waals surface area contributed by atoms with Crippen LogP contribution in [0.4, 0.5) is 5.69 Å². The molecule has 0 unspecified atom stereocenters. The van der Waals surface area contributed by atoms with Crippen molar-refractivity contribution >= 4 is 17.4 Å². The van der Waals surface area contributed by atoms with E-state index in [4.69, 9.17) is 14.9 Å². The van der Waals surface area contributed by atoms with Gasteiger partial charge in [-0.15, -0.1) is 11.8 Å². The van der Waals surface area contributed by atoms with E-state index in [0.717, 1.165) is 22.8 Å². The van der Waals surface area contributed by atoms with Crippen LogP contribution in [0, 0.1) is 5.39 Å². The van der Waals surface area contributed by atoms with E-state index < -0.39 is 0 Å². The Labute approximate surface area is 119 Å². The van der Waals surface area contributed by atoms with Crippen LogP contribution in [0.25, 0.3) is 4.98 Å². The second-order valence-corrected chi connectivity index (χ2v) is 5.07. The highest BCUT2D eigenvalue weighted by molar-refractivity contribution is 7.99. The number of rotatable bonds is 8. The minimum Gasteiger partial charge on any atom is -0.492 e. The average Bonchev–Trinajstić information content (AvgIpc) is 2.42. The fourth-order valence-corrected chi connectivity index (χ4v) is 2.69. The number of hydrogen-bond acceptors (Lipinski definition) is 4. The Kier molecular flexibility index (Phi) is 7.12. The summed E-state index contributed by atoms with van der Waals surface area (Å²) in [6.45, 7) is 7.13. The minimum absolute atomic E-state index is 0.408. The normalized spacial score (nSPS) is 10.0. The van der Waals surface area contributed by atoms with Crippen LogP contribution < -0.4 is 9.47 Å². The molecule has 0 spiro atoms. The highest BCUT2D eigenvalue weighted by Gasteiger charge is 2.20. The van der Waals surface area contributed by atoms with Crippen LogP contribution in [0.2, 0.25) is 0 Å². The largest absolute Gasteiger partial charge is 0.492 e. The van der Waals surface area contributed by atoms with Crippen LogP contribution in [-0.4, -0.2) is 19.0 Å². The molecule has 0 N–H and O–H groups in total. The van der Waals surface area contributed by atoms with E-state index >= 15 is 0 Å². The Bertz CT molecular complexity index is 444. The minimum atomic E-state index is 0.408. The van der Waals surface area contributed by atoms with E-state index in [-0.39, 0.29) is 0 Å². The lowest BCUT2D eigenvalue weighted by Gasteiger charge is -2.10. The Hall–Kier alpha value is -1.41. The Balaban J connectivity index is 3.02.